The first-order valence-corrected chi connectivity index (χ1v) is 6.11. The van der Waals surface area contributed by atoms with E-state index in [9.17, 15) is 9.59 Å². The predicted octanol–water partition coefficient (Wildman–Crippen LogP) is 0.333. The summed E-state index contributed by atoms with van der Waals surface area (Å²) in [5.74, 6) is 0.206. The van der Waals surface area contributed by atoms with E-state index in [4.69, 9.17) is 10.5 Å². The van der Waals surface area contributed by atoms with Gasteiger partial charge in [0.2, 0.25) is 5.91 Å². The molecule has 6 nitrogen and oxygen atoms in total. The van der Waals surface area contributed by atoms with E-state index in [1.54, 1.807) is 0 Å². The van der Waals surface area contributed by atoms with Crippen LogP contribution >= 0.6 is 0 Å². The molecule has 0 aliphatic carbocycles. The van der Waals surface area contributed by atoms with Gasteiger partial charge in [0.15, 0.2) is 0 Å². The Bertz CT molecular complexity index is 463. The van der Waals surface area contributed by atoms with E-state index in [2.05, 4.69) is 5.32 Å². The first-order valence-electron chi connectivity index (χ1n) is 6.11. The number of likely N-dealkylation sites (tertiary alicyclic amines) is 1. The molecular formula is C13H17N3O3. The highest BCUT2D eigenvalue weighted by Gasteiger charge is 2.39. The van der Waals surface area contributed by atoms with Crippen LogP contribution in [-0.4, -0.2) is 42.6 Å². The molecule has 2 atom stereocenters. The minimum Gasteiger partial charge on any atom is -0.488 e. The van der Waals surface area contributed by atoms with Crippen LogP contribution < -0.4 is 15.8 Å². The molecule has 1 fully saturated rings. The normalized spacial score (nSPS) is 22.1. The van der Waals surface area contributed by atoms with Gasteiger partial charge in [0.05, 0.1) is 6.54 Å². The number of ether oxygens (including phenoxy) is 1. The van der Waals surface area contributed by atoms with E-state index in [0.717, 1.165) is 5.75 Å². The number of rotatable bonds is 3. The van der Waals surface area contributed by atoms with Gasteiger partial charge in [-0.25, -0.2) is 4.79 Å². The molecule has 3 N–H and O–H groups in total. The number of amides is 3. The van der Waals surface area contributed by atoms with Crippen molar-refractivity contribution in [2.75, 3.05) is 13.6 Å². The molecule has 0 aromatic heterocycles. The Balaban J connectivity index is 2.05. The van der Waals surface area contributed by atoms with Gasteiger partial charge in [-0.05, 0) is 12.1 Å². The fourth-order valence-corrected chi connectivity index (χ4v) is 2.21. The van der Waals surface area contributed by atoms with E-state index in [0.29, 0.717) is 13.0 Å². The number of carbonyl (C=O) groups excluding carboxylic acids is 2. The van der Waals surface area contributed by atoms with Gasteiger partial charge < -0.3 is 20.7 Å². The summed E-state index contributed by atoms with van der Waals surface area (Å²) in [5, 5.41) is 2.50. The van der Waals surface area contributed by atoms with Crippen LogP contribution in [0.4, 0.5) is 4.79 Å². The Labute approximate surface area is 111 Å². The number of hydrogen-bond donors (Lipinski definition) is 2. The Morgan fingerprint density at radius 1 is 1.37 bits per heavy atom. The maximum atomic E-state index is 11.7. The van der Waals surface area contributed by atoms with Crippen LogP contribution in [-0.2, 0) is 4.79 Å². The molecule has 1 heterocycles. The number of nitrogens with two attached hydrogens (primary N) is 1. The first-order chi connectivity index (χ1) is 9.11. The van der Waals surface area contributed by atoms with Crippen LogP contribution in [0.25, 0.3) is 0 Å². The summed E-state index contributed by atoms with van der Waals surface area (Å²) in [7, 11) is 1.52. The fourth-order valence-electron chi connectivity index (χ4n) is 2.21. The third kappa shape index (κ3) is 2.96. The van der Waals surface area contributed by atoms with Crippen LogP contribution in [0.3, 0.4) is 0 Å². The smallest absolute Gasteiger partial charge is 0.317 e. The SMILES string of the molecule is CNC(=O)N1C[C@@H](Oc2ccccc2)C[C@H]1C(N)=O. The molecule has 0 unspecified atom stereocenters. The average Bonchev–Trinajstić information content (AvgIpc) is 2.83. The number of nitrogens with one attached hydrogen (secondary N) is 1. The Morgan fingerprint density at radius 3 is 2.63 bits per heavy atom. The van der Waals surface area contributed by atoms with Crippen molar-refractivity contribution in [2.45, 2.75) is 18.6 Å². The number of primary amides is 1. The molecule has 0 saturated carbocycles. The molecule has 0 radical (unpaired) electrons. The molecule has 1 saturated heterocycles. The number of nitrogens with zero attached hydrogens (tertiary/aromatic N) is 1. The summed E-state index contributed by atoms with van der Waals surface area (Å²) in [6.45, 7) is 0.349. The summed E-state index contributed by atoms with van der Waals surface area (Å²) in [6.07, 6.45) is 0.190. The highest BCUT2D eigenvalue weighted by atomic mass is 16.5. The van der Waals surface area contributed by atoms with Crippen molar-refractivity contribution in [3.63, 3.8) is 0 Å². The summed E-state index contributed by atoms with van der Waals surface area (Å²) in [6, 6.07) is 8.36. The summed E-state index contributed by atoms with van der Waals surface area (Å²) < 4.78 is 5.75. The maximum Gasteiger partial charge on any atom is 0.317 e. The molecule has 2 rings (SSSR count). The standard InChI is InChI=1S/C13H17N3O3/c1-15-13(18)16-8-10(7-11(16)12(14)17)19-9-5-3-2-4-6-9/h2-6,10-11H,7-8H2,1H3,(H2,14,17)(H,15,18)/t10-,11-/m0/s1. The Morgan fingerprint density at radius 2 is 2.05 bits per heavy atom. The molecular weight excluding hydrogens is 246 g/mol. The highest BCUT2D eigenvalue weighted by molar-refractivity contribution is 5.86. The minimum atomic E-state index is -0.617. The topological polar surface area (TPSA) is 84.7 Å². The molecule has 19 heavy (non-hydrogen) atoms. The minimum absolute atomic E-state index is 0.225. The maximum absolute atomic E-state index is 11.7. The van der Waals surface area contributed by atoms with Crippen molar-refractivity contribution in [1.82, 2.24) is 10.2 Å². The van der Waals surface area contributed by atoms with Crippen LogP contribution in [0.5, 0.6) is 5.75 Å². The van der Waals surface area contributed by atoms with Gasteiger partial charge in [0, 0.05) is 13.5 Å². The second kappa shape index (κ2) is 5.60. The quantitative estimate of drug-likeness (QED) is 0.824. The van der Waals surface area contributed by atoms with Gasteiger partial charge in [0.25, 0.3) is 0 Å². The lowest BCUT2D eigenvalue weighted by Crippen LogP contribution is -2.47. The van der Waals surface area contributed by atoms with Crippen molar-refractivity contribution in [2.24, 2.45) is 5.73 Å². The monoisotopic (exact) mass is 263 g/mol. The zero-order valence-electron chi connectivity index (χ0n) is 10.7. The van der Waals surface area contributed by atoms with Gasteiger partial charge in [0.1, 0.15) is 17.9 Å². The first kappa shape index (κ1) is 13.2. The molecule has 1 aliphatic rings. The van der Waals surface area contributed by atoms with E-state index < -0.39 is 11.9 Å². The molecule has 1 aromatic carbocycles. The number of carbonyl (C=O) groups is 2. The van der Waals surface area contributed by atoms with Crippen LogP contribution in [0.2, 0.25) is 0 Å². The van der Waals surface area contributed by atoms with E-state index in [1.807, 2.05) is 30.3 Å². The van der Waals surface area contributed by atoms with Gasteiger partial charge in [-0.3, -0.25) is 4.79 Å². The molecule has 0 spiro atoms. The number of hydrogen-bond acceptors (Lipinski definition) is 3. The average molecular weight is 263 g/mol. The fraction of sp³-hybridized carbons (Fsp3) is 0.385. The predicted molar refractivity (Wildman–Crippen MR) is 69.6 cm³/mol. The second-order valence-electron chi connectivity index (χ2n) is 4.41. The van der Waals surface area contributed by atoms with Crippen LogP contribution in [0.1, 0.15) is 6.42 Å². The molecule has 102 valence electrons. The van der Waals surface area contributed by atoms with Crippen molar-refractivity contribution >= 4 is 11.9 Å². The lowest BCUT2D eigenvalue weighted by atomic mass is 10.2. The van der Waals surface area contributed by atoms with Crippen LogP contribution in [0.15, 0.2) is 30.3 Å². The van der Waals surface area contributed by atoms with Crippen LogP contribution in [0, 0.1) is 0 Å². The van der Waals surface area contributed by atoms with Gasteiger partial charge in [-0.1, -0.05) is 18.2 Å². The summed E-state index contributed by atoms with van der Waals surface area (Å²) in [4.78, 5) is 24.5. The van der Waals surface area contributed by atoms with Crippen molar-refractivity contribution in [3.05, 3.63) is 30.3 Å². The van der Waals surface area contributed by atoms with E-state index >= 15 is 0 Å². The van der Waals surface area contributed by atoms with Gasteiger partial charge in [-0.2, -0.15) is 0 Å². The lowest BCUT2D eigenvalue weighted by Gasteiger charge is -2.20. The number of benzene rings is 1. The molecule has 1 aliphatic heterocycles. The van der Waals surface area contributed by atoms with E-state index in [1.165, 1.54) is 11.9 Å². The number of urea groups is 1. The van der Waals surface area contributed by atoms with Crippen molar-refractivity contribution in [1.29, 1.82) is 0 Å². The summed E-state index contributed by atoms with van der Waals surface area (Å²) in [5.41, 5.74) is 5.32. The highest BCUT2D eigenvalue weighted by Crippen LogP contribution is 2.22. The second-order valence-corrected chi connectivity index (χ2v) is 4.41. The van der Waals surface area contributed by atoms with Gasteiger partial charge >= 0.3 is 6.03 Å². The zero-order valence-corrected chi connectivity index (χ0v) is 10.7. The molecule has 1 aromatic rings. The zero-order chi connectivity index (χ0) is 13.8. The molecule has 3 amide bonds. The molecule has 6 heteroatoms. The van der Waals surface area contributed by atoms with Crippen molar-refractivity contribution < 1.29 is 14.3 Å². The van der Waals surface area contributed by atoms with Crippen molar-refractivity contribution in [3.8, 4) is 5.75 Å². The molecule has 0 bridgehead atoms. The number of para-hydroxylation sites is 1. The third-order valence-corrected chi connectivity index (χ3v) is 3.11. The Kier molecular flexibility index (Phi) is 3.89. The lowest BCUT2D eigenvalue weighted by molar-refractivity contribution is -0.121. The summed E-state index contributed by atoms with van der Waals surface area (Å²) >= 11 is 0. The van der Waals surface area contributed by atoms with E-state index in [-0.39, 0.29) is 12.1 Å². The van der Waals surface area contributed by atoms with Gasteiger partial charge in [-0.15, -0.1) is 0 Å². The Hall–Kier alpha value is -2.24. The third-order valence-electron chi connectivity index (χ3n) is 3.11. The largest absolute Gasteiger partial charge is 0.488 e.